The van der Waals surface area contributed by atoms with E-state index in [9.17, 15) is 4.79 Å². The molecule has 0 bridgehead atoms. The van der Waals surface area contributed by atoms with Gasteiger partial charge in [-0.2, -0.15) is 0 Å². The Labute approximate surface area is 131 Å². The Morgan fingerprint density at radius 1 is 1.14 bits per heavy atom. The summed E-state index contributed by atoms with van der Waals surface area (Å²) in [5.41, 5.74) is 0.924. The van der Waals surface area contributed by atoms with Gasteiger partial charge in [0.25, 0.3) is 0 Å². The third kappa shape index (κ3) is 1.82. The minimum absolute atomic E-state index is 0.162. The lowest BCUT2D eigenvalue weighted by Gasteiger charge is -2.32. The van der Waals surface area contributed by atoms with Crippen LogP contribution in [0.2, 0.25) is 0 Å². The molecule has 2 heterocycles. The average Bonchev–Trinajstić information content (AvgIpc) is 3.06. The largest absolute Gasteiger partial charge is 0.494 e. The summed E-state index contributed by atoms with van der Waals surface area (Å²) in [6.07, 6.45) is 2.93. The Hall–Kier alpha value is -1.33. The van der Waals surface area contributed by atoms with Crippen molar-refractivity contribution >= 4 is 18.9 Å². The number of ether oxygens (including phenoxy) is 1. The first-order chi connectivity index (χ1) is 10.3. The highest BCUT2D eigenvalue weighted by molar-refractivity contribution is 6.62. The summed E-state index contributed by atoms with van der Waals surface area (Å²) in [6, 6.07) is 5.94. The SMILES string of the molecule is CC1(C)OB(c2ccc3c(c2)C(C=O)C2(CC2)O3)OC1(C)C. The molecule has 1 saturated carbocycles. The third-order valence-corrected chi connectivity index (χ3v) is 5.65. The molecule has 1 unspecified atom stereocenters. The van der Waals surface area contributed by atoms with Crippen LogP contribution in [-0.2, 0) is 14.1 Å². The Morgan fingerprint density at radius 2 is 1.77 bits per heavy atom. The molecule has 0 radical (unpaired) electrons. The van der Waals surface area contributed by atoms with Crippen molar-refractivity contribution in [2.75, 3.05) is 0 Å². The summed E-state index contributed by atoms with van der Waals surface area (Å²) < 4.78 is 18.2. The normalized spacial score (nSPS) is 29.3. The van der Waals surface area contributed by atoms with Crippen molar-refractivity contribution < 1.29 is 18.8 Å². The fourth-order valence-corrected chi connectivity index (χ4v) is 3.33. The summed E-state index contributed by atoms with van der Waals surface area (Å²) in [6.45, 7) is 8.15. The van der Waals surface area contributed by atoms with Gasteiger partial charge in [0.2, 0.25) is 0 Å². The van der Waals surface area contributed by atoms with Crippen LogP contribution in [0, 0.1) is 0 Å². The van der Waals surface area contributed by atoms with Gasteiger partial charge in [0, 0.05) is 5.56 Å². The average molecular weight is 300 g/mol. The monoisotopic (exact) mass is 300 g/mol. The lowest BCUT2D eigenvalue weighted by atomic mass is 9.77. The maximum atomic E-state index is 11.5. The molecule has 1 spiro atoms. The molecule has 0 amide bonds. The zero-order chi connectivity index (χ0) is 15.8. The molecule has 0 aromatic heterocycles. The fourth-order valence-electron chi connectivity index (χ4n) is 3.33. The Kier molecular flexibility index (Phi) is 2.69. The molecule has 5 heteroatoms. The second kappa shape index (κ2) is 4.15. The van der Waals surface area contributed by atoms with E-state index in [1.54, 1.807) is 0 Å². The van der Waals surface area contributed by atoms with Gasteiger partial charge in [0.05, 0.1) is 17.1 Å². The lowest BCUT2D eigenvalue weighted by molar-refractivity contribution is -0.110. The molecule has 2 aliphatic heterocycles. The molecule has 0 N–H and O–H groups in total. The number of rotatable bonds is 2. The van der Waals surface area contributed by atoms with E-state index < -0.39 is 7.12 Å². The van der Waals surface area contributed by atoms with Crippen molar-refractivity contribution in [1.82, 2.24) is 0 Å². The zero-order valence-electron chi connectivity index (χ0n) is 13.5. The van der Waals surface area contributed by atoms with Crippen molar-refractivity contribution in [2.24, 2.45) is 0 Å². The predicted molar refractivity (Wildman–Crippen MR) is 83.6 cm³/mol. The van der Waals surface area contributed by atoms with Gasteiger partial charge < -0.3 is 18.8 Å². The van der Waals surface area contributed by atoms with Crippen molar-refractivity contribution in [2.45, 2.75) is 63.3 Å². The van der Waals surface area contributed by atoms with Crippen LogP contribution in [0.5, 0.6) is 5.75 Å². The van der Waals surface area contributed by atoms with Gasteiger partial charge >= 0.3 is 7.12 Å². The van der Waals surface area contributed by atoms with Gasteiger partial charge in [0.15, 0.2) is 0 Å². The van der Waals surface area contributed by atoms with E-state index in [4.69, 9.17) is 14.0 Å². The Bertz CT molecular complexity index is 632. The van der Waals surface area contributed by atoms with Crippen LogP contribution in [0.1, 0.15) is 52.0 Å². The van der Waals surface area contributed by atoms with Crippen molar-refractivity contribution in [3.63, 3.8) is 0 Å². The molecule has 1 atom stereocenters. The van der Waals surface area contributed by atoms with Crippen molar-refractivity contribution in [3.05, 3.63) is 23.8 Å². The van der Waals surface area contributed by atoms with E-state index in [2.05, 4.69) is 0 Å². The molecule has 1 aromatic rings. The minimum atomic E-state index is -0.404. The fraction of sp³-hybridized carbons (Fsp3) is 0.588. The van der Waals surface area contributed by atoms with Crippen LogP contribution in [0.4, 0.5) is 0 Å². The molecular formula is C17H21BO4. The first kappa shape index (κ1) is 14.3. The van der Waals surface area contributed by atoms with Gasteiger partial charge in [0.1, 0.15) is 17.6 Å². The quantitative estimate of drug-likeness (QED) is 0.620. The number of hydrogen-bond donors (Lipinski definition) is 0. The number of hydrogen-bond acceptors (Lipinski definition) is 4. The highest BCUT2D eigenvalue weighted by Crippen LogP contribution is 2.56. The van der Waals surface area contributed by atoms with Gasteiger partial charge in [-0.05, 0) is 52.1 Å². The molecular weight excluding hydrogens is 279 g/mol. The standard InChI is InChI=1S/C17H21BO4/c1-15(2)16(3,4)22-18(21-15)11-5-6-14-12(9-11)13(10-19)17(20-14)7-8-17/h5-6,9-10,13H,7-8H2,1-4H3. The number of fused-ring (bicyclic) bond motifs is 1. The molecule has 4 rings (SSSR count). The van der Waals surface area contributed by atoms with Crippen LogP contribution in [0.15, 0.2) is 18.2 Å². The Morgan fingerprint density at radius 3 is 2.32 bits per heavy atom. The van der Waals surface area contributed by atoms with E-state index in [0.717, 1.165) is 35.9 Å². The second-order valence-corrected chi connectivity index (χ2v) is 7.67. The van der Waals surface area contributed by atoms with E-state index in [-0.39, 0.29) is 22.7 Å². The van der Waals surface area contributed by atoms with Crippen LogP contribution in [0.3, 0.4) is 0 Å². The second-order valence-electron chi connectivity index (χ2n) is 7.67. The maximum absolute atomic E-state index is 11.5. The van der Waals surface area contributed by atoms with Gasteiger partial charge in [-0.3, -0.25) is 0 Å². The smallest absolute Gasteiger partial charge is 0.486 e. The topological polar surface area (TPSA) is 44.8 Å². The van der Waals surface area contributed by atoms with Crippen LogP contribution < -0.4 is 10.2 Å². The summed E-state index contributed by atoms with van der Waals surface area (Å²) in [5.74, 6) is 0.666. The highest BCUT2D eigenvalue weighted by atomic mass is 16.7. The molecule has 22 heavy (non-hydrogen) atoms. The van der Waals surface area contributed by atoms with Gasteiger partial charge in [-0.25, -0.2) is 0 Å². The van der Waals surface area contributed by atoms with Crippen LogP contribution >= 0.6 is 0 Å². The third-order valence-electron chi connectivity index (χ3n) is 5.65. The highest BCUT2D eigenvalue weighted by Gasteiger charge is 2.58. The molecule has 4 nitrogen and oxygen atoms in total. The number of carbonyl (C=O) groups is 1. The zero-order valence-corrected chi connectivity index (χ0v) is 13.5. The lowest BCUT2D eigenvalue weighted by Crippen LogP contribution is -2.41. The number of aldehydes is 1. The van der Waals surface area contributed by atoms with Gasteiger partial charge in [-0.1, -0.05) is 12.1 Å². The maximum Gasteiger partial charge on any atom is 0.494 e. The minimum Gasteiger partial charge on any atom is -0.486 e. The number of benzene rings is 1. The first-order valence-electron chi connectivity index (χ1n) is 7.92. The molecule has 116 valence electrons. The first-order valence-corrected chi connectivity index (χ1v) is 7.92. The molecule has 1 aromatic carbocycles. The van der Waals surface area contributed by atoms with E-state index in [1.165, 1.54) is 0 Å². The predicted octanol–water partition coefficient (Wildman–Crippen LogP) is 2.19. The van der Waals surface area contributed by atoms with E-state index in [1.807, 2.05) is 45.9 Å². The summed E-state index contributed by atoms with van der Waals surface area (Å²) >= 11 is 0. The Balaban J connectivity index is 1.68. The summed E-state index contributed by atoms with van der Waals surface area (Å²) in [5, 5.41) is 0. The molecule has 3 aliphatic rings. The van der Waals surface area contributed by atoms with Crippen LogP contribution in [0.25, 0.3) is 0 Å². The van der Waals surface area contributed by atoms with E-state index in [0.29, 0.717) is 0 Å². The summed E-state index contributed by atoms with van der Waals surface area (Å²) in [4.78, 5) is 11.5. The molecule has 1 aliphatic carbocycles. The summed E-state index contributed by atoms with van der Waals surface area (Å²) in [7, 11) is -0.404. The molecule has 2 fully saturated rings. The van der Waals surface area contributed by atoms with E-state index >= 15 is 0 Å². The number of carbonyl (C=O) groups excluding carboxylic acids is 1. The van der Waals surface area contributed by atoms with Crippen molar-refractivity contribution in [3.8, 4) is 5.75 Å². The van der Waals surface area contributed by atoms with Gasteiger partial charge in [-0.15, -0.1) is 0 Å². The van der Waals surface area contributed by atoms with Crippen molar-refractivity contribution in [1.29, 1.82) is 0 Å². The van der Waals surface area contributed by atoms with Crippen LogP contribution in [-0.4, -0.2) is 30.2 Å². The molecule has 1 saturated heterocycles.